The van der Waals surface area contributed by atoms with Crippen LogP contribution in [0.1, 0.15) is 40.5 Å². The van der Waals surface area contributed by atoms with Crippen molar-refractivity contribution in [1.82, 2.24) is 10.2 Å². The fourth-order valence-corrected chi connectivity index (χ4v) is 2.09. The topological polar surface area (TPSA) is 32.3 Å². The van der Waals surface area contributed by atoms with Crippen LogP contribution in [0.15, 0.2) is 0 Å². The highest BCUT2D eigenvalue weighted by Crippen LogP contribution is 2.30. The zero-order valence-electron chi connectivity index (χ0n) is 11.2. The van der Waals surface area contributed by atoms with Gasteiger partial charge in [0, 0.05) is 25.6 Å². The zero-order chi connectivity index (χ0) is 12.2. The second-order valence-electron chi connectivity index (χ2n) is 5.70. The average molecular weight is 226 g/mol. The van der Waals surface area contributed by atoms with Crippen LogP contribution in [-0.2, 0) is 4.79 Å². The van der Waals surface area contributed by atoms with Crippen molar-refractivity contribution in [3.8, 4) is 0 Å². The first-order valence-corrected chi connectivity index (χ1v) is 6.46. The number of hydrogen-bond acceptors (Lipinski definition) is 2. The fourth-order valence-electron chi connectivity index (χ4n) is 2.09. The first-order valence-electron chi connectivity index (χ1n) is 6.46. The van der Waals surface area contributed by atoms with E-state index in [1.54, 1.807) is 0 Å². The van der Waals surface area contributed by atoms with Crippen LogP contribution in [0.5, 0.6) is 0 Å². The molecule has 1 aliphatic rings. The lowest BCUT2D eigenvalue weighted by Gasteiger charge is -2.38. The Bertz CT molecular complexity index is 228. The monoisotopic (exact) mass is 226 g/mol. The lowest BCUT2D eigenvalue weighted by atomic mass is 9.82. The maximum absolute atomic E-state index is 12.1. The van der Waals surface area contributed by atoms with Gasteiger partial charge in [0.1, 0.15) is 0 Å². The number of amides is 1. The van der Waals surface area contributed by atoms with E-state index in [9.17, 15) is 4.79 Å². The number of nitrogens with one attached hydrogen (secondary N) is 1. The molecule has 16 heavy (non-hydrogen) atoms. The molecule has 0 saturated carbocycles. The molecule has 1 aliphatic heterocycles. The van der Waals surface area contributed by atoms with Crippen molar-refractivity contribution in [2.75, 3.05) is 26.2 Å². The van der Waals surface area contributed by atoms with Crippen LogP contribution < -0.4 is 5.32 Å². The number of carbonyl (C=O) groups is 1. The van der Waals surface area contributed by atoms with Crippen molar-refractivity contribution in [2.24, 2.45) is 11.3 Å². The minimum atomic E-state index is 0.112. The van der Waals surface area contributed by atoms with Gasteiger partial charge in [0.2, 0.25) is 5.91 Å². The minimum Gasteiger partial charge on any atom is -0.342 e. The second kappa shape index (κ2) is 5.67. The van der Waals surface area contributed by atoms with E-state index in [1.165, 1.54) is 0 Å². The van der Waals surface area contributed by atoms with Crippen molar-refractivity contribution in [2.45, 2.75) is 40.5 Å². The summed E-state index contributed by atoms with van der Waals surface area (Å²) < 4.78 is 0. The summed E-state index contributed by atoms with van der Waals surface area (Å²) >= 11 is 0. The van der Waals surface area contributed by atoms with Gasteiger partial charge >= 0.3 is 0 Å². The Labute approximate surface area is 99.6 Å². The Hall–Kier alpha value is -0.570. The van der Waals surface area contributed by atoms with E-state index in [4.69, 9.17) is 0 Å². The molecule has 0 aromatic rings. The molecule has 0 radical (unpaired) electrons. The van der Waals surface area contributed by atoms with E-state index in [0.717, 1.165) is 39.0 Å². The van der Waals surface area contributed by atoms with Gasteiger partial charge in [0.05, 0.1) is 0 Å². The normalized spacial score (nSPS) is 21.9. The molecular formula is C13H26N2O. The number of rotatable bonds is 4. The maximum atomic E-state index is 12.1. The van der Waals surface area contributed by atoms with E-state index >= 15 is 0 Å². The lowest BCUT2D eigenvalue weighted by molar-refractivity contribution is -0.136. The first kappa shape index (κ1) is 13.5. The van der Waals surface area contributed by atoms with Gasteiger partial charge in [0.15, 0.2) is 0 Å². The molecule has 94 valence electrons. The third-order valence-electron chi connectivity index (χ3n) is 3.55. The number of hydrogen-bond donors (Lipinski definition) is 1. The largest absolute Gasteiger partial charge is 0.342 e. The SMILES string of the molecule is CCNCC(C)C(=O)N1CCC(C)(C)CC1. The molecule has 0 bridgehead atoms. The van der Waals surface area contributed by atoms with Crippen molar-refractivity contribution in [3.63, 3.8) is 0 Å². The highest BCUT2D eigenvalue weighted by Gasteiger charge is 2.29. The van der Waals surface area contributed by atoms with E-state index in [2.05, 4.69) is 26.1 Å². The first-order chi connectivity index (χ1) is 7.46. The summed E-state index contributed by atoms with van der Waals surface area (Å²) in [5, 5.41) is 3.24. The van der Waals surface area contributed by atoms with Crippen LogP contribution in [-0.4, -0.2) is 37.0 Å². The molecule has 1 N–H and O–H groups in total. The van der Waals surface area contributed by atoms with Gasteiger partial charge in [-0.1, -0.05) is 27.7 Å². The van der Waals surface area contributed by atoms with E-state index in [1.807, 2.05) is 11.8 Å². The highest BCUT2D eigenvalue weighted by molar-refractivity contribution is 5.78. The third kappa shape index (κ3) is 3.78. The van der Waals surface area contributed by atoms with Crippen molar-refractivity contribution in [1.29, 1.82) is 0 Å². The fraction of sp³-hybridized carbons (Fsp3) is 0.923. The smallest absolute Gasteiger partial charge is 0.226 e. The van der Waals surface area contributed by atoms with Crippen molar-refractivity contribution in [3.05, 3.63) is 0 Å². The molecule has 1 amide bonds. The highest BCUT2D eigenvalue weighted by atomic mass is 16.2. The Morgan fingerprint density at radius 1 is 1.38 bits per heavy atom. The molecule has 1 heterocycles. The van der Waals surface area contributed by atoms with Gasteiger partial charge < -0.3 is 10.2 Å². The van der Waals surface area contributed by atoms with Crippen LogP contribution in [0.3, 0.4) is 0 Å². The summed E-state index contributed by atoms with van der Waals surface area (Å²) in [5.41, 5.74) is 0.418. The molecule has 0 spiro atoms. The van der Waals surface area contributed by atoms with Gasteiger partial charge in [-0.2, -0.15) is 0 Å². The Kier molecular flexibility index (Phi) is 4.78. The predicted molar refractivity (Wildman–Crippen MR) is 67.3 cm³/mol. The van der Waals surface area contributed by atoms with Gasteiger partial charge in [-0.25, -0.2) is 0 Å². The van der Waals surface area contributed by atoms with Crippen molar-refractivity contribution >= 4 is 5.91 Å². The molecule has 3 heteroatoms. The molecule has 0 aliphatic carbocycles. The van der Waals surface area contributed by atoms with Crippen LogP contribution >= 0.6 is 0 Å². The van der Waals surface area contributed by atoms with E-state index in [0.29, 0.717) is 11.3 Å². The number of nitrogens with zero attached hydrogens (tertiary/aromatic N) is 1. The molecule has 1 fully saturated rings. The number of piperidine rings is 1. The molecular weight excluding hydrogens is 200 g/mol. The quantitative estimate of drug-likeness (QED) is 0.794. The summed E-state index contributed by atoms with van der Waals surface area (Å²) in [7, 11) is 0. The zero-order valence-corrected chi connectivity index (χ0v) is 11.2. The molecule has 1 saturated heterocycles. The molecule has 1 rings (SSSR count). The molecule has 3 nitrogen and oxygen atoms in total. The molecule has 0 aromatic heterocycles. The van der Waals surface area contributed by atoms with Crippen molar-refractivity contribution < 1.29 is 4.79 Å². The van der Waals surface area contributed by atoms with Gasteiger partial charge in [0.25, 0.3) is 0 Å². The summed E-state index contributed by atoms with van der Waals surface area (Å²) in [5.74, 6) is 0.428. The van der Waals surface area contributed by atoms with Crippen LogP contribution in [0.4, 0.5) is 0 Å². The standard InChI is InChI=1S/C13H26N2O/c1-5-14-10-11(2)12(16)15-8-6-13(3,4)7-9-15/h11,14H,5-10H2,1-4H3. The summed E-state index contributed by atoms with van der Waals surface area (Å²) in [6.07, 6.45) is 2.26. The maximum Gasteiger partial charge on any atom is 0.226 e. The second-order valence-corrected chi connectivity index (χ2v) is 5.70. The number of likely N-dealkylation sites (tertiary alicyclic amines) is 1. The van der Waals surface area contributed by atoms with Crippen LogP contribution in [0, 0.1) is 11.3 Å². The third-order valence-corrected chi connectivity index (χ3v) is 3.55. The van der Waals surface area contributed by atoms with E-state index in [-0.39, 0.29) is 5.92 Å². The molecule has 0 aromatic carbocycles. The number of carbonyl (C=O) groups excluding carboxylic acids is 1. The van der Waals surface area contributed by atoms with Crippen LogP contribution in [0.25, 0.3) is 0 Å². The van der Waals surface area contributed by atoms with E-state index < -0.39 is 0 Å². The van der Waals surface area contributed by atoms with Gasteiger partial charge in [-0.3, -0.25) is 4.79 Å². The average Bonchev–Trinajstić information content (AvgIpc) is 2.25. The Morgan fingerprint density at radius 2 is 1.94 bits per heavy atom. The summed E-state index contributed by atoms with van der Waals surface area (Å²) in [4.78, 5) is 14.1. The predicted octanol–water partition coefficient (Wildman–Crippen LogP) is 1.88. The minimum absolute atomic E-state index is 0.112. The van der Waals surface area contributed by atoms with Gasteiger partial charge in [-0.05, 0) is 24.8 Å². The summed E-state index contributed by atoms with van der Waals surface area (Å²) in [6.45, 7) is 12.3. The Morgan fingerprint density at radius 3 is 2.44 bits per heavy atom. The Balaban J connectivity index is 2.38. The van der Waals surface area contributed by atoms with Crippen LogP contribution in [0.2, 0.25) is 0 Å². The lowest BCUT2D eigenvalue weighted by Crippen LogP contribution is -2.45. The molecule has 1 atom stereocenters. The molecule has 1 unspecified atom stereocenters. The van der Waals surface area contributed by atoms with Gasteiger partial charge in [-0.15, -0.1) is 0 Å². The summed E-state index contributed by atoms with van der Waals surface area (Å²) in [6, 6.07) is 0.